The van der Waals surface area contributed by atoms with Crippen LogP contribution in [0.3, 0.4) is 0 Å². The van der Waals surface area contributed by atoms with Crippen LogP contribution in [0.4, 0.5) is 0 Å². The van der Waals surface area contributed by atoms with Crippen molar-refractivity contribution in [3.63, 3.8) is 0 Å². The van der Waals surface area contributed by atoms with Gasteiger partial charge in [-0.3, -0.25) is 0 Å². The summed E-state index contributed by atoms with van der Waals surface area (Å²) >= 11 is 12.7. The van der Waals surface area contributed by atoms with Gasteiger partial charge in [-0.2, -0.15) is 0 Å². The normalized spacial score (nSPS) is 11.2. The first-order chi connectivity index (χ1) is 9.88. The summed E-state index contributed by atoms with van der Waals surface area (Å²) in [5, 5.41) is 4.98. The molecule has 0 heterocycles. The number of hydrogen-bond acceptors (Lipinski definition) is 1. The highest BCUT2D eigenvalue weighted by Crippen LogP contribution is 2.33. The molecule has 0 atom stereocenters. The minimum Gasteiger partial charge on any atom is -0.310 e. The van der Waals surface area contributed by atoms with Crippen LogP contribution in [-0.4, -0.2) is 6.04 Å². The van der Waals surface area contributed by atoms with Gasteiger partial charge in [-0.15, -0.1) is 0 Å². The Morgan fingerprint density at radius 3 is 2.24 bits per heavy atom. The lowest BCUT2D eigenvalue weighted by atomic mass is 9.97. The van der Waals surface area contributed by atoms with Gasteiger partial charge in [-0.1, -0.05) is 49.2 Å². The lowest BCUT2D eigenvalue weighted by Crippen LogP contribution is -2.21. The smallest absolute Gasteiger partial charge is 0.0487 e. The van der Waals surface area contributed by atoms with Gasteiger partial charge in [0.2, 0.25) is 0 Å². The fraction of sp³-hybridized carbons (Fsp3) is 0.333. The molecule has 0 aliphatic carbocycles. The van der Waals surface area contributed by atoms with Gasteiger partial charge in [-0.25, -0.2) is 0 Å². The maximum atomic E-state index is 6.48. The lowest BCUT2D eigenvalue weighted by Gasteiger charge is -2.13. The number of halogens is 2. The lowest BCUT2D eigenvalue weighted by molar-refractivity contribution is 0.589. The standard InChI is InChI=1S/C18H21Cl2N/c1-11(2)21-10-14-5-6-15(18(20)9-14)16-7-13(4)17(19)8-12(16)3/h5-9,11,21H,10H2,1-4H3. The Bertz CT molecular complexity index is 648. The number of aryl methyl sites for hydroxylation is 2. The summed E-state index contributed by atoms with van der Waals surface area (Å²) in [5.74, 6) is 0. The van der Waals surface area contributed by atoms with Crippen LogP contribution in [0.5, 0.6) is 0 Å². The quantitative estimate of drug-likeness (QED) is 0.753. The molecule has 21 heavy (non-hydrogen) atoms. The number of rotatable bonds is 4. The molecule has 2 aromatic carbocycles. The molecule has 0 saturated carbocycles. The molecule has 0 saturated heterocycles. The molecular formula is C18H21Cl2N. The molecule has 0 aliphatic rings. The Kier molecular flexibility index (Phi) is 5.32. The van der Waals surface area contributed by atoms with E-state index >= 15 is 0 Å². The Hall–Kier alpha value is -1.02. The first-order valence-electron chi connectivity index (χ1n) is 7.17. The highest BCUT2D eigenvalue weighted by atomic mass is 35.5. The van der Waals surface area contributed by atoms with E-state index in [2.05, 4.69) is 44.3 Å². The predicted octanol–water partition coefficient (Wildman–Crippen LogP) is 5.78. The molecule has 0 amide bonds. The fourth-order valence-corrected chi connectivity index (χ4v) is 2.80. The van der Waals surface area contributed by atoms with E-state index in [-0.39, 0.29) is 0 Å². The highest BCUT2D eigenvalue weighted by molar-refractivity contribution is 6.33. The predicted molar refractivity (Wildman–Crippen MR) is 93.3 cm³/mol. The molecule has 0 bridgehead atoms. The van der Waals surface area contributed by atoms with Gasteiger partial charge in [0.05, 0.1) is 0 Å². The monoisotopic (exact) mass is 321 g/mol. The van der Waals surface area contributed by atoms with Crippen LogP contribution < -0.4 is 5.32 Å². The van der Waals surface area contributed by atoms with Crippen molar-refractivity contribution >= 4 is 23.2 Å². The maximum Gasteiger partial charge on any atom is 0.0487 e. The average molecular weight is 322 g/mol. The third kappa shape index (κ3) is 4.00. The van der Waals surface area contributed by atoms with Crippen molar-refractivity contribution in [1.82, 2.24) is 5.32 Å². The Balaban J connectivity index is 2.35. The summed E-state index contributed by atoms with van der Waals surface area (Å²) in [6.07, 6.45) is 0. The van der Waals surface area contributed by atoms with Gasteiger partial charge in [0, 0.05) is 28.2 Å². The second-order valence-electron chi connectivity index (χ2n) is 5.77. The second kappa shape index (κ2) is 6.83. The second-order valence-corrected chi connectivity index (χ2v) is 6.58. The van der Waals surface area contributed by atoms with Crippen LogP contribution in [-0.2, 0) is 6.54 Å². The largest absolute Gasteiger partial charge is 0.310 e. The van der Waals surface area contributed by atoms with E-state index in [4.69, 9.17) is 23.2 Å². The molecular weight excluding hydrogens is 301 g/mol. The third-order valence-corrected chi connectivity index (χ3v) is 4.26. The van der Waals surface area contributed by atoms with Crippen LogP contribution in [0, 0.1) is 13.8 Å². The van der Waals surface area contributed by atoms with Crippen molar-refractivity contribution in [2.24, 2.45) is 0 Å². The Morgan fingerprint density at radius 2 is 1.62 bits per heavy atom. The fourth-order valence-electron chi connectivity index (χ4n) is 2.28. The minimum absolute atomic E-state index is 0.463. The molecule has 3 heteroatoms. The zero-order valence-electron chi connectivity index (χ0n) is 12.9. The van der Waals surface area contributed by atoms with Crippen molar-refractivity contribution in [2.45, 2.75) is 40.3 Å². The molecule has 1 nitrogen and oxygen atoms in total. The molecule has 2 aromatic rings. The topological polar surface area (TPSA) is 12.0 Å². The molecule has 1 N–H and O–H groups in total. The molecule has 112 valence electrons. The first-order valence-corrected chi connectivity index (χ1v) is 7.93. The summed E-state index contributed by atoms with van der Waals surface area (Å²) in [4.78, 5) is 0. The van der Waals surface area contributed by atoms with Crippen molar-refractivity contribution in [1.29, 1.82) is 0 Å². The van der Waals surface area contributed by atoms with E-state index in [0.717, 1.165) is 38.8 Å². The number of nitrogens with one attached hydrogen (secondary N) is 1. The summed E-state index contributed by atoms with van der Waals surface area (Å²) in [6, 6.07) is 10.8. The van der Waals surface area contributed by atoms with Gasteiger partial charge in [0.1, 0.15) is 0 Å². The third-order valence-electron chi connectivity index (χ3n) is 3.54. The van der Waals surface area contributed by atoms with E-state index in [9.17, 15) is 0 Å². The van der Waals surface area contributed by atoms with E-state index in [1.807, 2.05) is 19.1 Å². The highest BCUT2D eigenvalue weighted by Gasteiger charge is 2.10. The van der Waals surface area contributed by atoms with Gasteiger partial charge in [0.15, 0.2) is 0 Å². The van der Waals surface area contributed by atoms with Crippen molar-refractivity contribution < 1.29 is 0 Å². The SMILES string of the molecule is Cc1cc(-c2ccc(CNC(C)C)cc2Cl)c(C)cc1Cl. The van der Waals surface area contributed by atoms with Crippen molar-refractivity contribution in [2.75, 3.05) is 0 Å². The molecule has 0 spiro atoms. The summed E-state index contributed by atoms with van der Waals surface area (Å²) in [5.41, 5.74) is 5.60. The zero-order chi connectivity index (χ0) is 15.6. The average Bonchev–Trinajstić information content (AvgIpc) is 2.41. The molecule has 0 fully saturated rings. The maximum absolute atomic E-state index is 6.48. The van der Waals surface area contributed by atoms with Gasteiger partial charge in [0.25, 0.3) is 0 Å². The van der Waals surface area contributed by atoms with Crippen LogP contribution >= 0.6 is 23.2 Å². The van der Waals surface area contributed by atoms with Crippen LogP contribution in [0.25, 0.3) is 11.1 Å². The van der Waals surface area contributed by atoms with E-state index in [1.165, 1.54) is 5.56 Å². The number of hydrogen-bond donors (Lipinski definition) is 1. The van der Waals surface area contributed by atoms with E-state index in [1.54, 1.807) is 0 Å². The first kappa shape index (κ1) is 16.4. The number of benzene rings is 2. The molecule has 0 aromatic heterocycles. The molecule has 0 aliphatic heterocycles. The van der Waals surface area contributed by atoms with E-state index < -0.39 is 0 Å². The van der Waals surface area contributed by atoms with E-state index in [0.29, 0.717) is 6.04 Å². The van der Waals surface area contributed by atoms with Crippen molar-refractivity contribution in [3.05, 3.63) is 57.1 Å². The van der Waals surface area contributed by atoms with Crippen LogP contribution in [0.1, 0.15) is 30.5 Å². The van der Waals surface area contributed by atoms with Crippen molar-refractivity contribution in [3.8, 4) is 11.1 Å². The summed E-state index contributed by atoms with van der Waals surface area (Å²) in [7, 11) is 0. The van der Waals surface area contributed by atoms with Crippen LogP contribution in [0.2, 0.25) is 10.0 Å². The Labute approximate surface area is 137 Å². The van der Waals surface area contributed by atoms with Gasteiger partial charge >= 0.3 is 0 Å². The van der Waals surface area contributed by atoms with Crippen LogP contribution in [0.15, 0.2) is 30.3 Å². The Morgan fingerprint density at radius 1 is 0.905 bits per heavy atom. The summed E-state index contributed by atoms with van der Waals surface area (Å²) < 4.78 is 0. The molecule has 0 unspecified atom stereocenters. The zero-order valence-corrected chi connectivity index (χ0v) is 14.4. The minimum atomic E-state index is 0.463. The molecule has 2 rings (SSSR count). The van der Waals surface area contributed by atoms with Gasteiger partial charge in [-0.05, 0) is 54.3 Å². The molecule has 0 radical (unpaired) electrons. The van der Waals surface area contributed by atoms with Gasteiger partial charge < -0.3 is 5.32 Å². The summed E-state index contributed by atoms with van der Waals surface area (Å²) in [6.45, 7) is 9.17.